The van der Waals surface area contributed by atoms with Crippen LogP contribution in [-0.4, -0.2) is 71.2 Å². The fourth-order valence-corrected chi connectivity index (χ4v) is 4.09. The lowest BCUT2D eigenvalue weighted by molar-refractivity contribution is -0.127. The number of nitrogens with zero attached hydrogens (tertiary/aromatic N) is 2. The number of aliphatic hydroxyl groups is 1. The first-order valence-electron chi connectivity index (χ1n) is 9.34. The van der Waals surface area contributed by atoms with Gasteiger partial charge in [-0.1, -0.05) is 6.92 Å². The number of rotatable bonds is 6. The first-order valence-corrected chi connectivity index (χ1v) is 9.34. The minimum Gasteiger partial charge on any atom is -0.390 e. The lowest BCUT2D eigenvalue weighted by Gasteiger charge is -2.33. The smallest absolute Gasteiger partial charge is 0.237 e. The van der Waals surface area contributed by atoms with Gasteiger partial charge >= 0.3 is 0 Å². The Kier molecular flexibility index (Phi) is 6.86. The molecule has 2 rings (SSSR count). The molecule has 23 heavy (non-hydrogen) atoms. The van der Waals surface area contributed by atoms with E-state index in [2.05, 4.69) is 35.9 Å². The van der Waals surface area contributed by atoms with E-state index in [0.717, 1.165) is 31.8 Å². The molecule has 0 aromatic heterocycles. The summed E-state index contributed by atoms with van der Waals surface area (Å²) in [6.07, 6.45) is 4.26. The summed E-state index contributed by atoms with van der Waals surface area (Å²) in [5, 5.41) is 13.1. The van der Waals surface area contributed by atoms with Gasteiger partial charge in [-0.05, 0) is 65.5 Å². The molecule has 2 N–H and O–H groups in total. The summed E-state index contributed by atoms with van der Waals surface area (Å²) in [5.74, 6) is 0.838. The second kappa shape index (κ2) is 8.45. The summed E-state index contributed by atoms with van der Waals surface area (Å²) < 4.78 is 0. The molecule has 4 unspecified atom stereocenters. The number of carbonyl (C=O) groups excluding carboxylic acids is 1. The van der Waals surface area contributed by atoms with Crippen LogP contribution in [0.25, 0.3) is 0 Å². The number of likely N-dealkylation sites (tertiary alicyclic amines) is 2. The number of amides is 1. The van der Waals surface area contributed by atoms with Crippen LogP contribution >= 0.6 is 0 Å². The van der Waals surface area contributed by atoms with Crippen molar-refractivity contribution in [3.05, 3.63) is 0 Å². The molecule has 0 saturated carbocycles. The van der Waals surface area contributed by atoms with E-state index in [9.17, 15) is 9.90 Å². The van der Waals surface area contributed by atoms with E-state index in [1.54, 1.807) is 0 Å². The number of hydrogen-bond donors (Lipinski definition) is 2. The van der Waals surface area contributed by atoms with E-state index in [-0.39, 0.29) is 11.9 Å². The van der Waals surface area contributed by atoms with Crippen molar-refractivity contribution in [2.75, 3.05) is 26.2 Å². The van der Waals surface area contributed by atoms with Gasteiger partial charge in [-0.3, -0.25) is 9.69 Å². The van der Waals surface area contributed by atoms with Gasteiger partial charge in [-0.15, -0.1) is 0 Å². The van der Waals surface area contributed by atoms with Crippen LogP contribution in [0.3, 0.4) is 0 Å². The maximum atomic E-state index is 12.4. The van der Waals surface area contributed by atoms with Crippen molar-refractivity contribution in [1.82, 2.24) is 15.1 Å². The number of carbonyl (C=O) groups is 1. The molecule has 134 valence electrons. The van der Waals surface area contributed by atoms with Crippen molar-refractivity contribution in [3.8, 4) is 0 Å². The second-order valence-corrected chi connectivity index (χ2v) is 7.78. The molecule has 2 aliphatic heterocycles. The zero-order valence-electron chi connectivity index (χ0n) is 15.3. The van der Waals surface area contributed by atoms with Crippen LogP contribution in [0.2, 0.25) is 0 Å². The Balaban J connectivity index is 1.71. The third kappa shape index (κ3) is 5.16. The summed E-state index contributed by atoms with van der Waals surface area (Å²) in [7, 11) is 0. The highest BCUT2D eigenvalue weighted by molar-refractivity contribution is 5.81. The zero-order valence-corrected chi connectivity index (χ0v) is 15.3. The Bertz CT molecular complexity index is 372. The summed E-state index contributed by atoms with van der Waals surface area (Å²) in [5.41, 5.74) is 0. The van der Waals surface area contributed by atoms with Crippen LogP contribution in [0.4, 0.5) is 0 Å². The van der Waals surface area contributed by atoms with E-state index in [0.29, 0.717) is 25.2 Å². The van der Waals surface area contributed by atoms with E-state index in [4.69, 9.17) is 0 Å². The van der Waals surface area contributed by atoms with Gasteiger partial charge in [0.15, 0.2) is 0 Å². The van der Waals surface area contributed by atoms with Crippen LogP contribution in [0.5, 0.6) is 0 Å². The van der Waals surface area contributed by atoms with Crippen molar-refractivity contribution in [2.45, 2.75) is 77.6 Å². The van der Waals surface area contributed by atoms with Gasteiger partial charge in [0.1, 0.15) is 0 Å². The quantitative estimate of drug-likeness (QED) is 0.776. The summed E-state index contributed by atoms with van der Waals surface area (Å²) in [6, 6.07) is 0.808. The molecular weight excluding hydrogens is 290 g/mol. The molecule has 2 saturated heterocycles. The minimum absolute atomic E-state index is 0.0388. The Hall–Kier alpha value is -0.650. The maximum absolute atomic E-state index is 12.4. The molecule has 5 nitrogen and oxygen atoms in total. The fourth-order valence-electron chi connectivity index (χ4n) is 4.09. The SMILES string of the molecule is CC1CCN(CC(O)CNC(=O)C(C)N2C(C)CCC2C)CC1. The zero-order chi connectivity index (χ0) is 17.0. The number of piperidine rings is 1. The largest absolute Gasteiger partial charge is 0.390 e. The van der Waals surface area contributed by atoms with Gasteiger partial charge in [-0.25, -0.2) is 0 Å². The van der Waals surface area contributed by atoms with Gasteiger partial charge in [0.05, 0.1) is 12.1 Å². The van der Waals surface area contributed by atoms with Crippen molar-refractivity contribution < 1.29 is 9.90 Å². The lowest BCUT2D eigenvalue weighted by atomic mass is 9.99. The topological polar surface area (TPSA) is 55.8 Å². The Morgan fingerprint density at radius 2 is 1.70 bits per heavy atom. The lowest BCUT2D eigenvalue weighted by Crippen LogP contribution is -2.51. The minimum atomic E-state index is -0.479. The van der Waals surface area contributed by atoms with E-state index in [1.165, 1.54) is 12.8 Å². The normalized spacial score (nSPS) is 30.3. The number of aliphatic hydroxyl groups excluding tert-OH is 1. The maximum Gasteiger partial charge on any atom is 0.237 e. The average molecular weight is 325 g/mol. The molecule has 4 atom stereocenters. The summed E-state index contributed by atoms with van der Waals surface area (Å²) in [4.78, 5) is 17.0. The fraction of sp³-hybridized carbons (Fsp3) is 0.944. The Labute approximate surface area is 141 Å². The van der Waals surface area contributed by atoms with Crippen molar-refractivity contribution >= 4 is 5.91 Å². The molecule has 0 aromatic rings. The molecule has 2 aliphatic rings. The second-order valence-electron chi connectivity index (χ2n) is 7.78. The van der Waals surface area contributed by atoms with Gasteiger partial charge < -0.3 is 15.3 Å². The van der Waals surface area contributed by atoms with E-state index in [1.807, 2.05) is 6.92 Å². The van der Waals surface area contributed by atoms with Crippen molar-refractivity contribution in [2.24, 2.45) is 5.92 Å². The molecule has 0 radical (unpaired) electrons. The number of nitrogens with one attached hydrogen (secondary N) is 1. The highest BCUT2D eigenvalue weighted by atomic mass is 16.3. The van der Waals surface area contributed by atoms with Gasteiger partial charge in [-0.2, -0.15) is 0 Å². The molecule has 0 aromatic carbocycles. The highest BCUT2D eigenvalue weighted by Crippen LogP contribution is 2.25. The van der Waals surface area contributed by atoms with Crippen LogP contribution in [-0.2, 0) is 4.79 Å². The van der Waals surface area contributed by atoms with Crippen LogP contribution < -0.4 is 5.32 Å². The van der Waals surface area contributed by atoms with Crippen LogP contribution in [0.1, 0.15) is 53.4 Å². The first-order chi connectivity index (χ1) is 10.9. The molecular formula is C18H35N3O2. The molecule has 2 heterocycles. The summed E-state index contributed by atoms with van der Waals surface area (Å²) in [6.45, 7) is 11.8. The van der Waals surface area contributed by atoms with Crippen molar-refractivity contribution in [1.29, 1.82) is 0 Å². The number of hydrogen-bond acceptors (Lipinski definition) is 4. The molecule has 1 amide bonds. The monoisotopic (exact) mass is 325 g/mol. The van der Waals surface area contributed by atoms with Gasteiger partial charge in [0, 0.05) is 25.2 Å². The van der Waals surface area contributed by atoms with E-state index >= 15 is 0 Å². The third-order valence-electron chi connectivity index (χ3n) is 5.70. The average Bonchev–Trinajstić information content (AvgIpc) is 2.85. The molecule has 0 aliphatic carbocycles. The highest BCUT2D eigenvalue weighted by Gasteiger charge is 2.34. The van der Waals surface area contributed by atoms with E-state index < -0.39 is 6.10 Å². The van der Waals surface area contributed by atoms with Gasteiger partial charge in [0.2, 0.25) is 5.91 Å². The number of β-amino-alcohol motifs (C(OH)–C–C–N with tert-alkyl or cyclic N) is 1. The van der Waals surface area contributed by atoms with Crippen molar-refractivity contribution in [3.63, 3.8) is 0 Å². The van der Waals surface area contributed by atoms with Gasteiger partial charge in [0.25, 0.3) is 0 Å². The predicted octanol–water partition coefficient (Wildman–Crippen LogP) is 1.46. The Morgan fingerprint density at radius 1 is 1.13 bits per heavy atom. The molecule has 5 heteroatoms. The molecule has 0 bridgehead atoms. The summed E-state index contributed by atoms with van der Waals surface area (Å²) >= 11 is 0. The van der Waals surface area contributed by atoms with Crippen LogP contribution in [0.15, 0.2) is 0 Å². The first kappa shape index (κ1) is 18.7. The predicted molar refractivity (Wildman–Crippen MR) is 93.3 cm³/mol. The Morgan fingerprint density at radius 3 is 2.26 bits per heavy atom. The third-order valence-corrected chi connectivity index (χ3v) is 5.70. The van der Waals surface area contributed by atoms with Crippen LogP contribution in [0, 0.1) is 5.92 Å². The molecule has 2 fully saturated rings. The standard InChI is InChI=1S/C18H35N3O2/c1-13-7-9-20(10-8-13)12-17(22)11-19-18(23)16(4)21-14(2)5-6-15(21)3/h13-17,22H,5-12H2,1-4H3,(H,19,23). The molecule has 0 spiro atoms.